The van der Waals surface area contributed by atoms with Gasteiger partial charge < -0.3 is 0 Å². The van der Waals surface area contributed by atoms with E-state index < -0.39 is 5.92 Å². The summed E-state index contributed by atoms with van der Waals surface area (Å²) in [6.07, 6.45) is 1.50. The summed E-state index contributed by atoms with van der Waals surface area (Å²) in [4.78, 5) is 25.6. The van der Waals surface area contributed by atoms with Crippen LogP contribution in [0.15, 0.2) is 58.5 Å². The van der Waals surface area contributed by atoms with Gasteiger partial charge in [0, 0.05) is 10.9 Å². The molecule has 0 bridgehead atoms. The Balaban J connectivity index is 1.50. The highest BCUT2D eigenvalue weighted by molar-refractivity contribution is 8.00. The molecule has 3 aromatic heterocycles. The van der Waals surface area contributed by atoms with E-state index >= 15 is 0 Å². The fraction of sp³-hybridized carbons (Fsp3) is 0.105. The molecule has 1 aromatic carbocycles. The largest absolute Gasteiger partial charge is 0.297 e. The van der Waals surface area contributed by atoms with Gasteiger partial charge in [0.05, 0.1) is 27.7 Å². The molecular weight excluding hydrogens is 396 g/mol. The highest BCUT2D eigenvalue weighted by Gasteiger charge is 2.24. The van der Waals surface area contributed by atoms with Gasteiger partial charge in [-0.1, -0.05) is 42.1 Å². The van der Waals surface area contributed by atoms with Crippen molar-refractivity contribution in [2.45, 2.75) is 10.9 Å². The first-order valence-electron chi connectivity index (χ1n) is 8.00. The Morgan fingerprint density at radius 2 is 2.04 bits per heavy atom. The first-order valence-corrected chi connectivity index (χ1v) is 10.7. The number of Topliss-reactive ketones (excluding diaryl/α,β-unsaturated/α-hetero) is 1. The lowest BCUT2D eigenvalue weighted by Crippen LogP contribution is -2.13. The van der Waals surface area contributed by atoms with Crippen LogP contribution in [-0.4, -0.2) is 26.5 Å². The van der Waals surface area contributed by atoms with Crippen LogP contribution in [0.2, 0.25) is 0 Å². The van der Waals surface area contributed by atoms with E-state index in [1.807, 2.05) is 47.2 Å². The van der Waals surface area contributed by atoms with E-state index in [9.17, 15) is 10.1 Å². The molecule has 0 aliphatic rings. The van der Waals surface area contributed by atoms with Crippen LogP contribution < -0.4 is 0 Å². The van der Waals surface area contributed by atoms with Crippen molar-refractivity contribution in [3.05, 3.63) is 58.5 Å². The molecule has 5 nitrogen and oxygen atoms in total. The number of nitriles is 1. The molecule has 0 fully saturated rings. The van der Waals surface area contributed by atoms with E-state index in [4.69, 9.17) is 0 Å². The van der Waals surface area contributed by atoms with Crippen molar-refractivity contribution < 1.29 is 4.79 Å². The number of thioether (sulfide) groups is 1. The van der Waals surface area contributed by atoms with E-state index in [2.05, 4.69) is 21.0 Å². The number of aromatic nitrogens is 3. The van der Waals surface area contributed by atoms with Gasteiger partial charge in [-0.2, -0.15) is 5.26 Å². The Bertz CT molecular complexity index is 1130. The average molecular weight is 409 g/mol. The summed E-state index contributed by atoms with van der Waals surface area (Å²) in [6.45, 7) is 0. The van der Waals surface area contributed by atoms with E-state index in [-0.39, 0.29) is 11.5 Å². The van der Waals surface area contributed by atoms with Gasteiger partial charge in [-0.15, -0.1) is 22.7 Å². The Morgan fingerprint density at radius 3 is 2.85 bits per heavy atom. The second-order valence-electron chi connectivity index (χ2n) is 5.57. The van der Waals surface area contributed by atoms with Gasteiger partial charge in [-0.3, -0.25) is 4.79 Å². The SMILES string of the molecule is N#CC(C(=O)CSc1ncnc2ccsc12)c1nc(-c2ccccc2)cs1. The molecule has 27 heavy (non-hydrogen) atoms. The van der Waals surface area contributed by atoms with Crippen molar-refractivity contribution in [3.63, 3.8) is 0 Å². The number of thiazole rings is 1. The standard InChI is InChI=1S/C19H12N4OS3/c20-8-13(18-23-15(9-26-18)12-4-2-1-3-5-12)16(24)10-27-19-17-14(6-7-25-17)21-11-22-19/h1-7,9,11,13H,10H2. The number of ketones is 1. The van der Waals surface area contributed by atoms with Crippen molar-refractivity contribution in [1.82, 2.24) is 15.0 Å². The van der Waals surface area contributed by atoms with E-state index in [0.29, 0.717) is 5.01 Å². The van der Waals surface area contributed by atoms with Crippen molar-refractivity contribution in [1.29, 1.82) is 5.26 Å². The van der Waals surface area contributed by atoms with Crippen molar-refractivity contribution >= 4 is 50.4 Å². The van der Waals surface area contributed by atoms with Crippen LogP contribution in [-0.2, 0) is 4.79 Å². The van der Waals surface area contributed by atoms with Gasteiger partial charge >= 0.3 is 0 Å². The monoisotopic (exact) mass is 408 g/mol. The fourth-order valence-corrected chi connectivity index (χ4v) is 5.26. The number of hydrogen-bond acceptors (Lipinski definition) is 8. The smallest absolute Gasteiger partial charge is 0.167 e. The molecule has 132 valence electrons. The van der Waals surface area contributed by atoms with Gasteiger partial charge in [0.15, 0.2) is 11.7 Å². The van der Waals surface area contributed by atoms with Gasteiger partial charge in [0.2, 0.25) is 0 Å². The molecule has 8 heteroatoms. The highest BCUT2D eigenvalue weighted by atomic mass is 32.2. The highest BCUT2D eigenvalue weighted by Crippen LogP contribution is 2.31. The van der Waals surface area contributed by atoms with E-state index in [1.54, 1.807) is 11.3 Å². The van der Waals surface area contributed by atoms with Crippen LogP contribution in [0.3, 0.4) is 0 Å². The van der Waals surface area contributed by atoms with Gasteiger partial charge in [-0.05, 0) is 11.4 Å². The summed E-state index contributed by atoms with van der Waals surface area (Å²) in [5.74, 6) is -0.858. The lowest BCUT2D eigenvalue weighted by atomic mass is 10.1. The van der Waals surface area contributed by atoms with Crippen molar-refractivity contribution in [3.8, 4) is 17.3 Å². The molecule has 0 saturated heterocycles. The Hall–Kier alpha value is -2.60. The lowest BCUT2D eigenvalue weighted by molar-refractivity contribution is -0.116. The molecule has 4 aromatic rings. The van der Waals surface area contributed by atoms with Crippen LogP contribution in [0, 0.1) is 11.3 Å². The molecule has 1 unspecified atom stereocenters. The summed E-state index contributed by atoms with van der Waals surface area (Å²) < 4.78 is 0.962. The van der Waals surface area contributed by atoms with E-state index in [0.717, 1.165) is 26.5 Å². The normalized spacial score (nSPS) is 12.0. The lowest BCUT2D eigenvalue weighted by Gasteiger charge is -2.05. The van der Waals surface area contributed by atoms with Crippen LogP contribution >= 0.6 is 34.4 Å². The molecular formula is C19H12N4OS3. The molecule has 0 aliphatic carbocycles. The third-order valence-electron chi connectivity index (χ3n) is 3.85. The second kappa shape index (κ2) is 7.96. The zero-order chi connectivity index (χ0) is 18.6. The number of fused-ring (bicyclic) bond motifs is 1. The molecule has 0 aliphatic heterocycles. The summed E-state index contributed by atoms with van der Waals surface area (Å²) in [6, 6.07) is 13.8. The molecule has 0 spiro atoms. The van der Waals surface area contributed by atoms with Gasteiger partial charge in [-0.25, -0.2) is 15.0 Å². The maximum Gasteiger partial charge on any atom is 0.167 e. The first kappa shape index (κ1) is 17.8. The maximum atomic E-state index is 12.7. The second-order valence-corrected chi connectivity index (χ2v) is 8.34. The minimum atomic E-state index is -0.861. The number of hydrogen-bond donors (Lipinski definition) is 0. The summed E-state index contributed by atoms with van der Waals surface area (Å²) >= 11 is 4.23. The molecule has 3 heterocycles. The minimum Gasteiger partial charge on any atom is -0.297 e. The quantitative estimate of drug-likeness (QED) is 0.337. The number of thiophene rings is 1. The van der Waals surface area contributed by atoms with E-state index in [1.165, 1.54) is 29.4 Å². The summed E-state index contributed by atoms with van der Waals surface area (Å²) in [5, 5.41) is 14.7. The van der Waals surface area contributed by atoms with Crippen LogP contribution in [0.25, 0.3) is 21.5 Å². The van der Waals surface area contributed by atoms with Gasteiger partial charge in [0.1, 0.15) is 16.4 Å². The Morgan fingerprint density at radius 1 is 1.19 bits per heavy atom. The average Bonchev–Trinajstić information content (AvgIpc) is 3.37. The third-order valence-corrected chi connectivity index (χ3v) is 6.81. The summed E-state index contributed by atoms with van der Waals surface area (Å²) in [5.41, 5.74) is 2.63. The molecule has 0 N–H and O–H groups in total. The number of benzene rings is 1. The zero-order valence-electron chi connectivity index (χ0n) is 13.9. The van der Waals surface area contributed by atoms with Gasteiger partial charge in [0.25, 0.3) is 0 Å². The van der Waals surface area contributed by atoms with Crippen molar-refractivity contribution in [2.75, 3.05) is 5.75 Å². The zero-order valence-corrected chi connectivity index (χ0v) is 16.4. The minimum absolute atomic E-state index is 0.167. The Kier molecular flexibility index (Phi) is 5.25. The predicted molar refractivity (Wildman–Crippen MR) is 109 cm³/mol. The number of rotatable bonds is 6. The summed E-state index contributed by atoms with van der Waals surface area (Å²) in [7, 11) is 0. The molecule has 0 amide bonds. The van der Waals surface area contributed by atoms with Crippen molar-refractivity contribution in [2.24, 2.45) is 0 Å². The fourth-order valence-electron chi connectivity index (χ4n) is 2.52. The third kappa shape index (κ3) is 3.76. The van der Waals surface area contributed by atoms with Crippen LogP contribution in [0.5, 0.6) is 0 Å². The molecule has 0 radical (unpaired) electrons. The number of nitrogens with zero attached hydrogens (tertiary/aromatic N) is 4. The maximum absolute atomic E-state index is 12.7. The number of carbonyl (C=O) groups is 1. The molecule has 0 saturated carbocycles. The van der Waals surface area contributed by atoms with Crippen LogP contribution in [0.1, 0.15) is 10.9 Å². The molecule has 1 atom stereocenters. The van der Waals surface area contributed by atoms with Crippen LogP contribution in [0.4, 0.5) is 0 Å². The Labute approximate surface area is 167 Å². The first-order chi connectivity index (χ1) is 13.3. The number of carbonyl (C=O) groups excluding carboxylic acids is 1. The topological polar surface area (TPSA) is 79.5 Å². The predicted octanol–water partition coefficient (Wildman–Crippen LogP) is 4.78. The molecule has 4 rings (SSSR count).